The lowest BCUT2D eigenvalue weighted by Gasteiger charge is -2.27. The van der Waals surface area contributed by atoms with Crippen molar-refractivity contribution in [2.45, 2.75) is 31.3 Å². The smallest absolute Gasteiger partial charge is 0.380 e. The van der Waals surface area contributed by atoms with Gasteiger partial charge in [0.2, 0.25) is 0 Å². The number of aliphatic hydroxyl groups is 1. The second-order valence-corrected chi connectivity index (χ2v) is 4.54. The molecule has 1 amide bonds. The number of rotatable bonds is 3. The summed E-state index contributed by atoms with van der Waals surface area (Å²) in [7, 11) is 0. The van der Waals surface area contributed by atoms with Gasteiger partial charge in [-0.1, -0.05) is 0 Å². The summed E-state index contributed by atoms with van der Waals surface area (Å²) in [5.74, 6) is -1.29. The van der Waals surface area contributed by atoms with E-state index in [-0.39, 0.29) is 6.20 Å². The van der Waals surface area contributed by atoms with Crippen molar-refractivity contribution < 1.29 is 36.2 Å². The van der Waals surface area contributed by atoms with Crippen LogP contribution >= 0.6 is 0 Å². The fraction of sp³-hybridized carbons (Fsp3) is 0.455. The molecule has 0 fully saturated rings. The van der Waals surface area contributed by atoms with Crippen molar-refractivity contribution in [3.63, 3.8) is 0 Å². The zero-order chi connectivity index (χ0) is 16.6. The lowest BCUT2D eigenvalue weighted by atomic mass is 9.93. The summed E-state index contributed by atoms with van der Waals surface area (Å²) < 4.78 is 75.3. The van der Waals surface area contributed by atoms with E-state index in [1.165, 1.54) is 0 Å². The molecule has 1 atom stereocenters. The Bertz CT molecular complexity index is 551. The number of halogens is 6. The normalized spacial score (nSPS) is 15.6. The van der Waals surface area contributed by atoms with Crippen LogP contribution in [-0.4, -0.2) is 27.8 Å². The lowest BCUT2D eigenvalue weighted by molar-refractivity contribution is -0.252. The first-order valence-electron chi connectivity index (χ1n) is 5.41. The second-order valence-electron chi connectivity index (χ2n) is 4.54. The van der Waals surface area contributed by atoms with E-state index in [9.17, 15) is 36.2 Å². The molecule has 0 saturated heterocycles. The van der Waals surface area contributed by atoms with E-state index in [0.29, 0.717) is 13.0 Å². The Hall–Kier alpha value is -1.84. The Morgan fingerprint density at radius 3 is 2.19 bits per heavy atom. The highest BCUT2D eigenvalue weighted by molar-refractivity contribution is 5.92. The number of amides is 1. The van der Waals surface area contributed by atoms with E-state index >= 15 is 0 Å². The molecule has 0 bridgehead atoms. The third kappa shape index (κ3) is 3.84. The Kier molecular flexibility index (Phi) is 4.24. The van der Waals surface area contributed by atoms with Crippen LogP contribution in [0.1, 0.15) is 28.5 Å². The number of hydrogen-bond donors (Lipinski definition) is 2. The molecule has 1 unspecified atom stereocenters. The van der Waals surface area contributed by atoms with Crippen LogP contribution in [0.25, 0.3) is 0 Å². The molecule has 10 heteroatoms. The molecule has 1 aromatic heterocycles. The van der Waals surface area contributed by atoms with Gasteiger partial charge in [0.25, 0.3) is 5.91 Å². The van der Waals surface area contributed by atoms with Gasteiger partial charge in [-0.15, -0.1) is 0 Å². The van der Waals surface area contributed by atoms with Gasteiger partial charge < -0.3 is 10.8 Å². The number of carbonyl (C=O) groups is 1. The highest BCUT2D eigenvalue weighted by Crippen LogP contribution is 2.35. The number of hydrogen-bond acceptors (Lipinski definition) is 3. The fourth-order valence-electron chi connectivity index (χ4n) is 1.49. The predicted molar refractivity (Wildman–Crippen MR) is 58.1 cm³/mol. The van der Waals surface area contributed by atoms with Gasteiger partial charge in [-0.2, -0.15) is 26.3 Å². The first-order chi connectivity index (χ1) is 9.25. The molecule has 1 rings (SSSR count). The Morgan fingerprint density at radius 2 is 1.81 bits per heavy atom. The van der Waals surface area contributed by atoms with Crippen molar-refractivity contribution in [2.24, 2.45) is 5.73 Å². The molecule has 3 N–H and O–H groups in total. The first-order valence-corrected chi connectivity index (χ1v) is 5.41. The van der Waals surface area contributed by atoms with Crippen LogP contribution in [0.15, 0.2) is 12.3 Å². The molecular weight excluding hydrogens is 306 g/mol. The van der Waals surface area contributed by atoms with Gasteiger partial charge in [0.1, 0.15) is 5.69 Å². The molecule has 1 aromatic rings. The Balaban J connectivity index is 3.35. The summed E-state index contributed by atoms with van der Waals surface area (Å²) in [6, 6.07) is 0.313. The van der Waals surface area contributed by atoms with Gasteiger partial charge in [0.15, 0.2) is 5.60 Å². The summed E-state index contributed by atoms with van der Waals surface area (Å²) >= 11 is 0. The van der Waals surface area contributed by atoms with E-state index in [0.717, 1.165) is 0 Å². The Labute approximate surface area is 114 Å². The van der Waals surface area contributed by atoms with Gasteiger partial charge in [0, 0.05) is 12.6 Å². The van der Waals surface area contributed by atoms with E-state index in [2.05, 4.69) is 4.98 Å². The number of nitrogens with two attached hydrogens (primary N) is 1. The molecule has 0 aliphatic carbocycles. The summed E-state index contributed by atoms with van der Waals surface area (Å²) in [6.07, 6.45) is -11.0. The summed E-state index contributed by atoms with van der Waals surface area (Å²) in [4.78, 5) is 14.2. The average Bonchev–Trinajstić information content (AvgIpc) is 2.25. The zero-order valence-electron chi connectivity index (χ0n) is 10.5. The van der Waals surface area contributed by atoms with Crippen molar-refractivity contribution in [1.29, 1.82) is 0 Å². The Morgan fingerprint density at radius 1 is 1.29 bits per heavy atom. The molecule has 0 spiro atoms. The number of nitrogens with zero attached hydrogens (tertiary/aromatic N) is 1. The van der Waals surface area contributed by atoms with Crippen LogP contribution in [0.4, 0.5) is 26.3 Å². The number of pyridine rings is 1. The molecule has 0 aliphatic rings. The minimum Gasteiger partial charge on any atom is -0.380 e. The van der Waals surface area contributed by atoms with Gasteiger partial charge in [-0.25, -0.2) is 0 Å². The monoisotopic (exact) mass is 316 g/mol. The SMILES string of the molecule is CC(O)(Cc1cc(C(F)(F)F)cnc1C(N)=O)C(F)(F)F. The van der Waals surface area contributed by atoms with Crippen LogP contribution in [0, 0.1) is 0 Å². The molecule has 0 radical (unpaired) electrons. The maximum absolute atomic E-state index is 12.6. The summed E-state index contributed by atoms with van der Waals surface area (Å²) in [6.45, 7) is 0.373. The highest BCUT2D eigenvalue weighted by atomic mass is 19.4. The highest BCUT2D eigenvalue weighted by Gasteiger charge is 2.50. The van der Waals surface area contributed by atoms with E-state index in [1.54, 1.807) is 0 Å². The molecule has 4 nitrogen and oxygen atoms in total. The number of primary amides is 1. The minimum atomic E-state index is -5.10. The van der Waals surface area contributed by atoms with Gasteiger partial charge in [-0.3, -0.25) is 9.78 Å². The third-order valence-electron chi connectivity index (χ3n) is 2.67. The van der Waals surface area contributed by atoms with Crippen molar-refractivity contribution in [2.75, 3.05) is 0 Å². The van der Waals surface area contributed by atoms with Crippen LogP contribution in [0.5, 0.6) is 0 Å². The molecular formula is C11H10F6N2O2. The summed E-state index contributed by atoms with van der Waals surface area (Å²) in [5.41, 5.74) is -1.31. The second kappa shape index (κ2) is 5.17. The third-order valence-corrected chi connectivity index (χ3v) is 2.67. The van der Waals surface area contributed by atoms with Crippen LogP contribution in [0.3, 0.4) is 0 Å². The number of aromatic nitrogens is 1. The zero-order valence-corrected chi connectivity index (χ0v) is 10.5. The standard InChI is InChI=1S/C11H10F6N2O2/c1-9(21,11(15,16)17)3-5-2-6(10(12,13)14)4-19-7(5)8(18)20/h2,4,21H,3H2,1H3,(H2,18,20). The summed E-state index contributed by atoms with van der Waals surface area (Å²) in [5, 5.41) is 9.32. The maximum Gasteiger partial charge on any atom is 0.417 e. The van der Waals surface area contributed by atoms with Crippen LogP contribution in [0.2, 0.25) is 0 Å². The molecule has 21 heavy (non-hydrogen) atoms. The van der Waals surface area contributed by atoms with Crippen LogP contribution in [-0.2, 0) is 12.6 Å². The number of carbonyl (C=O) groups excluding carboxylic acids is 1. The maximum atomic E-state index is 12.6. The van der Waals surface area contributed by atoms with Gasteiger partial charge in [-0.05, 0) is 18.6 Å². The molecule has 0 saturated carbocycles. The predicted octanol–water partition coefficient (Wildman–Crippen LogP) is 2.06. The average molecular weight is 316 g/mol. The minimum absolute atomic E-state index is 0.284. The lowest BCUT2D eigenvalue weighted by Crippen LogP contribution is -2.44. The topological polar surface area (TPSA) is 76.2 Å². The largest absolute Gasteiger partial charge is 0.417 e. The van der Waals surface area contributed by atoms with Crippen molar-refractivity contribution >= 4 is 5.91 Å². The fourth-order valence-corrected chi connectivity index (χ4v) is 1.49. The van der Waals surface area contributed by atoms with Gasteiger partial charge >= 0.3 is 12.4 Å². The van der Waals surface area contributed by atoms with Crippen molar-refractivity contribution in [1.82, 2.24) is 4.98 Å². The van der Waals surface area contributed by atoms with Crippen LogP contribution < -0.4 is 5.73 Å². The van der Waals surface area contributed by atoms with E-state index < -0.39 is 47.1 Å². The van der Waals surface area contributed by atoms with Crippen molar-refractivity contribution in [3.05, 3.63) is 29.1 Å². The van der Waals surface area contributed by atoms with E-state index in [4.69, 9.17) is 5.73 Å². The molecule has 0 aliphatic heterocycles. The first kappa shape index (κ1) is 17.2. The molecule has 0 aromatic carbocycles. The number of alkyl halides is 6. The van der Waals surface area contributed by atoms with E-state index in [1.807, 2.05) is 0 Å². The molecule has 118 valence electrons. The van der Waals surface area contributed by atoms with Crippen molar-refractivity contribution in [3.8, 4) is 0 Å². The van der Waals surface area contributed by atoms with Gasteiger partial charge in [0.05, 0.1) is 5.56 Å². The quantitative estimate of drug-likeness (QED) is 0.838. The molecule has 1 heterocycles.